The number of halogens is 2. The molecule has 14 heteroatoms. The van der Waals surface area contributed by atoms with E-state index in [0.29, 0.717) is 24.4 Å². The first-order chi connectivity index (χ1) is 19.9. The quantitative estimate of drug-likeness (QED) is 0.282. The van der Waals surface area contributed by atoms with Gasteiger partial charge in [-0.3, -0.25) is 4.79 Å². The molecule has 3 aromatic rings. The number of amides is 1. The molecular formula is C28H34Cl2N6O5S. The van der Waals surface area contributed by atoms with E-state index in [0.717, 1.165) is 30.3 Å². The highest BCUT2D eigenvalue weighted by Gasteiger charge is 2.40. The van der Waals surface area contributed by atoms with Crippen LogP contribution in [0.4, 0.5) is 11.6 Å². The molecule has 2 aromatic carbocycles. The summed E-state index contributed by atoms with van der Waals surface area (Å²) in [6, 6.07) is 10.1. The van der Waals surface area contributed by atoms with Gasteiger partial charge >= 0.3 is 0 Å². The summed E-state index contributed by atoms with van der Waals surface area (Å²) in [7, 11) is 3.41. The Balaban J connectivity index is 1.55. The van der Waals surface area contributed by atoms with Crippen molar-refractivity contribution in [3.05, 3.63) is 69.3 Å². The first-order valence-electron chi connectivity index (χ1n) is 13.2. The standard InChI is InChI=1S/C28H34Cl2N6O5S/c1-35(2)12-8-11-31-26(37)19-14-23(40-4)22(15-20(19)29)33-28-32-16-21(30)27(34-28)41-24-13-17-9-6-7-10-18(17)25(24)36(3)42(5,38)39/h6-7,9-10,14-16,24-25H,8,11-13H2,1-5H3,(H,31,37)(H,32,33,34)/t24-,25-/m1/s1. The van der Waals surface area contributed by atoms with Gasteiger partial charge in [-0.25, -0.2) is 13.4 Å². The molecule has 1 aliphatic rings. The monoisotopic (exact) mass is 636 g/mol. The van der Waals surface area contributed by atoms with Gasteiger partial charge in [-0.1, -0.05) is 47.5 Å². The fraction of sp³-hybridized carbons (Fsp3) is 0.393. The molecule has 1 heterocycles. The molecule has 0 unspecified atom stereocenters. The Bertz CT molecular complexity index is 1560. The van der Waals surface area contributed by atoms with Crippen molar-refractivity contribution in [1.29, 1.82) is 0 Å². The van der Waals surface area contributed by atoms with E-state index in [-0.39, 0.29) is 33.3 Å². The van der Waals surface area contributed by atoms with Gasteiger partial charge in [0.05, 0.1) is 41.9 Å². The summed E-state index contributed by atoms with van der Waals surface area (Å²) < 4.78 is 38.0. The largest absolute Gasteiger partial charge is 0.495 e. The average Bonchev–Trinajstić information content (AvgIpc) is 3.29. The third-order valence-electron chi connectivity index (χ3n) is 6.88. The zero-order valence-corrected chi connectivity index (χ0v) is 26.3. The van der Waals surface area contributed by atoms with Gasteiger partial charge in [0, 0.05) is 20.0 Å². The molecule has 0 spiro atoms. The van der Waals surface area contributed by atoms with Crippen LogP contribution in [-0.2, 0) is 16.4 Å². The molecule has 4 rings (SSSR count). The lowest BCUT2D eigenvalue weighted by Gasteiger charge is -2.28. The Morgan fingerprint density at radius 1 is 1.14 bits per heavy atom. The lowest BCUT2D eigenvalue weighted by molar-refractivity contribution is 0.0952. The molecule has 0 saturated heterocycles. The van der Waals surface area contributed by atoms with Crippen molar-refractivity contribution in [2.24, 2.45) is 0 Å². The molecule has 0 radical (unpaired) electrons. The summed E-state index contributed by atoms with van der Waals surface area (Å²) in [5.74, 6) is 0.249. The normalized spacial score (nSPS) is 16.4. The highest BCUT2D eigenvalue weighted by Crippen LogP contribution is 2.40. The number of rotatable bonds is 12. The first-order valence-corrected chi connectivity index (χ1v) is 15.8. The Morgan fingerprint density at radius 3 is 2.57 bits per heavy atom. The van der Waals surface area contributed by atoms with Crippen LogP contribution in [0.15, 0.2) is 42.6 Å². The molecule has 1 aliphatic carbocycles. The highest BCUT2D eigenvalue weighted by molar-refractivity contribution is 7.88. The maximum absolute atomic E-state index is 12.7. The van der Waals surface area contributed by atoms with Crippen LogP contribution in [0.3, 0.4) is 0 Å². The minimum atomic E-state index is -3.53. The molecule has 0 bridgehead atoms. The lowest BCUT2D eigenvalue weighted by atomic mass is 10.1. The summed E-state index contributed by atoms with van der Waals surface area (Å²) in [5, 5.41) is 6.29. The molecule has 42 heavy (non-hydrogen) atoms. The Kier molecular flexibility index (Phi) is 10.2. The van der Waals surface area contributed by atoms with Gasteiger partial charge < -0.3 is 25.0 Å². The number of nitrogens with one attached hydrogen (secondary N) is 2. The number of methoxy groups -OCH3 is 1. The second kappa shape index (κ2) is 13.4. The van der Waals surface area contributed by atoms with Crippen LogP contribution < -0.4 is 20.1 Å². The second-order valence-electron chi connectivity index (χ2n) is 10.2. The molecule has 1 amide bonds. The number of benzene rings is 2. The molecular weight excluding hydrogens is 603 g/mol. The number of aromatic nitrogens is 2. The van der Waals surface area contributed by atoms with Crippen LogP contribution >= 0.6 is 23.2 Å². The Labute approximate surface area is 256 Å². The lowest BCUT2D eigenvalue weighted by Crippen LogP contribution is -2.38. The average molecular weight is 638 g/mol. The predicted octanol–water partition coefficient (Wildman–Crippen LogP) is 4.15. The van der Waals surface area contributed by atoms with Crippen LogP contribution in [0.2, 0.25) is 10.0 Å². The van der Waals surface area contributed by atoms with E-state index in [1.807, 2.05) is 43.3 Å². The van der Waals surface area contributed by atoms with Gasteiger partial charge in [0.15, 0.2) is 0 Å². The smallest absolute Gasteiger partial charge is 0.252 e. The SMILES string of the molecule is COc1cc(C(=O)NCCCN(C)C)c(Cl)cc1Nc1ncc(Cl)c(O[C@@H]2Cc3ccccc3[C@H]2N(C)S(C)(=O)=O)n1. The van der Waals surface area contributed by atoms with Crippen molar-refractivity contribution < 1.29 is 22.7 Å². The van der Waals surface area contributed by atoms with E-state index in [1.54, 1.807) is 12.1 Å². The summed E-state index contributed by atoms with van der Waals surface area (Å²) in [6.07, 6.45) is 3.22. The third-order valence-corrected chi connectivity index (χ3v) is 8.73. The molecule has 226 valence electrons. The fourth-order valence-electron chi connectivity index (χ4n) is 4.72. The Hall–Kier alpha value is -3.16. The topological polar surface area (TPSA) is 126 Å². The number of carbonyl (C=O) groups excluding carboxylic acids is 1. The zero-order chi connectivity index (χ0) is 30.6. The van der Waals surface area contributed by atoms with E-state index < -0.39 is 22.2 Å². The molecule has 2 N–H and O–H groups in total. The third kappa shape index (κ3) is 7.42. The predicted molar refractivity (Wildman–Crippen MR) is 164 cm³/mol. The van der Waals surface area contributed by atoms with Crippen molar-refractivity contribution in [1.82, 2.24) is 24.5 Å². The summed E-state index contributed by atoms with van der Waals surface area (Å²) in [5.41, 5.74) is 2.53. The fourth-order valence-corrected chi connectivity index (χ4v) is 5.77. The van der Waals surface area contributed by atoms with Gasteiger partial charge in [0.2, 0.25) is 21.9 Å². The number of fused-ring (bicyclic) bond motifs is 1. The van der Waals surface area contributed by atoms with Crippen molar-refractivity contribution in [3.63, 3.8) is 0 Å². The number of hydrogen-bond donors (Lipinski definition) is 2. The number of carbonyl (C=O) groups is 1. The molecule has 0 aliphatic heterocycles. The van der Waals surface area contributed by atoms with Crippen LogP contribution in [-0.4, -0.2) is 87.2 Å². The van der Waals surface area contributed by atoms with Crippen molar-refractivity contribution in [2.75, 3.05) is 52.9 Å². The highest BCUT2D eigenvalue weighted by atomic mass is 35.5. The van der Waals surface area contributed by atoms with Crippen LogP contribution in [0.5, 0.6) is 11.6 Å². The number of likely N-dealkylation sites (N-methyl/N-ethyl adjacent to an activating group) is 1. The van der Waals surface area contributed by atoms with Gasteiger partial charge in [-0.05, 0) is 50.3 Å². The van der Waals surface area contributed by atoms with E-state index in [9.17, 15) is 13.2 Å². The van der Waals surface area contributed by atoms with Crippen molar-refractivity contribution in [3.8, 4) is 11.6 Å². The molecule has 0 saturated carbocycles. The molecule has 11 nitrogen and oxygen atoms in total. The van der Waals surface area contributed by atoms with E-state index in [2.05, 4.69) is 20.6 Å². The van der Waals surface area contributed by atoms with Crippen molar-refractivity contribution >= 4 is 50.8 Å². The number of anilines is 2. The first kappa shape index (κ1) is 31.8. The molecule has 2 atom stereocenters. The minimum absolute atomic E-state index is 0.0812. The second-order valence-corrected chi connectivity index (χ2v) is 13.1. The van der Waals surface area contributed by atoms with Crippen LogP contribution in [0, 0.1) is 0 Å². The minimum Gasteiger partial charge on any atom is -0.495 e. The van der Waals surface area contributed by atoms with Gasteiger partial charge in [-0.2, -0.15) is 9.29 Å². The van der Waals surface area contributed by atoms with Crippen molar-refractivity contribution in [2.45, 2.75) is 25.0 Å². The van der Waals surface area contributed by atoms with Gasteiger partial charge in [0.25, 0.3) is 5.91 Å². The summed E-state index contributed by atoms with van der Waals surface area (Å²) in [6.45, 7) is 1.35. The molecule has 0 fully saturated rings. The zero-order valence-electron chi connectivity index (χ0n) is 24.0. The number of ether oxygens (including phenoxy) is 2. The Morgan fingerprint density at radius 2 is 1.88 bits per heavy atom. The van der Waals surface area contributed by atoms with E-state index in [1.165, 1.54) is 24.7 Å². The van der Waals surface area contributed by atoms with Crippen LogP contribution in [0.25, 0.3) is 0 Å². The van der Waals surface area contributed by atoms with Crippen LogP contribution in [0.1, 0.15) is 33.9 Å². The van der Waals surface area contributed by atoms with E-state index in [4.69, 9.17) is 32.7 Å². The molecule has 1 aromatic heterocycles. The maximum Gasteiger partial charge on any atom is 0.252 e. The number of hydrogen-bond acceptors (Lipinski definition) is 9. The summed E-state index contributed by atoms with van der Waals surface area (Å²) >= 11 is 12.9. The summed E-state index contributed by atoms with van der Waals surface area (Å²) in [4.78, 5) is 23.5. The maximum atomic E-state index is 12.7. The number of nitrogens with zero attached hydrogens (tertiary/aromatic N) is 4. The van der Waals surface area contributed by atoms with E-state index >= 15 is 0 Å². The van der Waals surface area contributed by atoms with Gasteiger partial charge in [-0.15, -0.1) is 0 Å². The van der Waals surface area contributed by atoms with Gasteiger partial charge in [0.1, 0.15) is 16.9 Å². The number of sulfonamides is 1.